The predicted octanol–water partition coefficient (Wildman–Crippen LogP) is 9.05. The zero-order valence-electron chi connectivity index (χ0n) is 21.0. The summed E-state index contributed by atoms with van der Waals surface area (Å²) in [4.78, 5) is 0. The van der Waals surface area contributed by atoms with E-state index >= 15 is 0 Å². The van der Waals surface area contributed by atoms with Crippen LogP contribution in [0.4, 0.5) is 0 Å². The summed E-state index contributed by atoms with van der Waals surface area (Å²) >= 11 is 4.41. The summed E-state index contributed by atoms with van der Waals surface area (Å²) < 4.78 is 5.95. The lowest BCUT2D eigenvalue weighted by Crippen LogP contribution is -2.25. The molecule has 1 N–H and O–H groups in total. The zero-order chi connectivity index (χ0) is 22.7. The zero-order valence-corrected chi connectivity index (χ0v) is 21.9. The lowest BCUT2D eigenvalue weighted by atomic mass is 10.0. The molecule has 2 unspecified atom stereocenters. The number of ether oxygens (including phenoxy) is 1. The Balaban J connectivity index is 1.34. The van der Waals surface area contributed by atoms with Crippen LogP contribution in [0.3, 0.4) is 0 Å². The molecule has 2 atom stereocenters. The highest BCUT2D eigenvalue weighted by Crippen LogP contribution is 2.28. The van der Waals surface area contributed by atoms with Crippen molar-refractivity contribution in [3.63, 3.8) is 0 Å². The second-order valence-electron chi connectivity index (χ2n) is 9.90. The van der Waals surface area contributed by atoms with Crippen LogP contribution in [-0.4, -0.2) is 18.4 Å². The molecule has 0 saturated carbocycles. The highest BCUT2D eigenvalue weighted by Gasteiger charge is 2.23. The molecule has 1 aromatic rings. The average molecular weight is 462 g/mol. The fourth-order valence-corrected chi connectivity index (χ4v) is 5.15. The van der Waals surface area contributed by atoms with Crippen molar-refractivity contribution in [2.45, 2.75) is 135 Å². The van der Waals surface area contributed by atoms with Crippen molar-refractivity contribution in [2.75, 3.05) is 12.4 Å². The second-order valence-corrected chi connectivity index (χ2v) is 10.3. The number of hydrogen-bond donors (Lipinski definition) is 2. The van der Waals surface area contributed by atoms with E-state index in [9.17, 15) is 0 Å². The third kappa shape index (κ3) is 12.5. The number of unbranched alkanes of at least 4 members (excludes halogenated alkanes) is 15. The molecule has 0 amide bonds. The van der Waals surface area contributed by atoms with Crippen LogP contribution < -0.4 is 10.1 Å². The maximum atomic E-state index is 5.95. The second kappa shape index (κ2) is 18.7. The third-order valence-electron chi connectivity index (χ3n) is 7.01. The van der Waals surface area contributed by atoms with E-state index in [1.807, 2.05) is 0 Å². The van der Waals surface area contributed by atoms with Crippen LogP contribution in [0.15, 0.2) is 24.3 Å². The van der Waals surface area contributed by atoms with Gasteiger partial charge in [-0.25, -0.2) is 0 Å². The first-order valence-corrected chi connectivity index (χ1v) is 14.6. The van der Waals surface area contributed by atoms with Gasteiger partial charge in [-0.2, -0.15) is 12.6 Å². The minimum absolute atomic E-state index is 0.488. The smallest absolute Gasteiger partial charge is 0.119 e. The van der Waals surface area contributed by atoms with Crippen molar-refractivity contribution in [3.8, 4) is 5.75 Å². The fourth-order valence-electron chi connectivity index (χ4n) is 4.86. The maximum absolute atomic E-state index is 5.95. The molecular weight excluding hydrogens is 410 g/mol. The molecule has 184 valence electrons. The molecule has 1 aromatic carbocycles. The van der Waals surface area contributed by atoms with Crippen molar-refractivity contribution in [2.24, 2.45) is 0 Å². The summed E-state index contributed by atoms with van der Waals surface area (Å²) in [5.74, 6) is 1.94. The molecule has 1 aliphatic heterocycles. The van der Waals surface area contributed by atoms with Crippen LogP contribution in [0.1, 0.15) is 134 Å². The highest BCUT2D eigenvalue weighted by molar-refractivity contribution is 7.80. The Morgan fingerprint density at radius 1 is 0.719 bits per heavy atom. The van der Waals surface area contributed by atoms with Gasteiger partial charge in [-0.15, -0.1) is 0 Å². The molecule has 0 aliphatic carbocycles. The summed E-state index contributed by atoms with van der Waals surface area (Å²) in [6, 6.07) is 9.77. The van der Waals surface area contributed by atoms with Crippen LogP contribution in [0.5, 0.6) is 5.75 Å². The minimum atomic E-state index is 0.488. The largest absolute Gasteiger partial charge is 0.494 e. The van der Waals surface area contributed by atoms with Crippen LogP contribution in [0.2, 0.25) is 0 Å². The number of thiol groups is 1. The van der Waals surface area contributed by atoms with E-state index in [2.05, 4.69) is 49.1 Å². The van der Waals surface area contributed by atoms with E-state index in [0.29, 0.717) is 12.1 Å². The van der Waals surface area contributed by atoms with E-state index in [-0.39, 0.29) is 0 Å². The summed E-state index contributed by atoms with van der Waals surface area (Å²) in [5, 5.41) is 3.66. The predicted molar refractivity (Wildman–Crippen MR) is 144 cm³/mol. The summed E-state index contributed by atoms with van der Waals surface area (Å²) in [6.45, 7) is 3.14. The molecule has 0 spiro atoms. The SMILES string of the molecule is CCCCCCCCCCCCCCCCCCOc1ccc(C2CCC(CS)N2)cc1. The molecule has 2 rings (SSSR count). The number of hydrogen-bond acceptors (Lipinski definition) is 3. The quantitative estimate of drug-likeness (QED) is 0.149. The molecule has 1 saturated heterocycles. The molecule has 0 radical (unpaired) electrons. The summed E-state index contributed by atoms with van der Waals surface area (Å²) in [5.41, 5.74) is 1.38. The van der Waals surface area contributed by atoms with E-state index in [1.54, 1.807) is 0 Å². The molecule has 32 heavy (non-hydrogen) atoms. The Kier molecular flexibility index (Phi) is 16.1. The topological polar surface area (TPSA) is 21.3 Å². The lowest BCUT2D eigenvalue weighted by Gasteiger charge is -2.14. The van der Waals surface area contributed by atoms with Crippen molar-refractivity contribution in [1.29, 1.82) is 0 Å². The first-order chi connectivity index (χ1) is 15.8. The molecule has 0 aromatic heterocycles. The Morgan fingerprint density at radius 2 is 1.22 bits per heavy atom. The monoisotopic (exact) mass is 461 g/mol. The van der Waals surface area contributed by atoms with Gasteiger partial charge in [0.2, 0.25) is 0 Å². The van der Waals surface area contributed by atoms with Crippen LogP contribution >= 0.6 is 12.6 Å². The van der Waals surface area contributed by atoms with Gasteiger partial charge in [0.05, 0.1) is 6.61 Å². The van der Waals surface area contributed by atoms with Gasteiger partial charge in [0.25, 0.3) is 0 Å². The highest BCUT2D eigenvalue weighted by atomic mass is 32.1. The fraction of sp³-hybridized carbons (Fsp3) is 0.793. The van der Waals surface area contributed by atoms with E-state index < -0.39 is 0 Å². The van der Waals surface area contributed by atoms with Gasteiger partial charge in [-0.1, -0.05) is 115 Å². The molecule has 2 nitrogen and oxygen atoms in total. The van der Waals surface area contributed by atoms with Gasteiger partial charge in [0.1, 0.15) is 5.75 Å². The van der Waals surface area contributed by atoms with Gasteiger partial charge >= 0.3 is 0 Å². The number of nitrogens with one attached hydrogen (secondary N) is 1. The Bertz CT molecular complexity index is 547. The van der Waals surface area contributed by atoms with E-state index in [0.717, 1.165) is 18.1 Å². The average Bonchev–Trinajstić information content (AvgIpc) is 3.31. The molecule has 1 heterocycles. The van der Waals surface area contributed by atoms with Gasteiger partial charge < -0.3 is 10.1 Å². The van der Waals surface area contributed by atoms with Crippen LogP contribution in [-0.2, 0) is 0 Å². The van der Waals surface area contributed by atoms with E-state index in [1.165, 1.54) is 121 Å². The van der Waals surface area contributed by atoms with Gasteiger partial charge in [0, 0.05) is 17.8 Å². The lowest BCUT2D eigenvalue weighted by molar-refractivity contribution is 0.304. The van der Waals surface area contributed by atoms with Crippen molar-refractivity contribution >= 4 is 12.6 Å². The van der Waals surface area contributed by atoms with Gasteiger partial charge in [-0.05, 0) is 37.0 Å². The normalized spacial score (nSPS) is 18.3. The molecule has 3 heteroatoms. The Hall–Kier alpha value is -0.670. The van der Waals surface area contributed by atoms with Gasteiger partial charge in [0.15, 0.2) is 0 Å². The molecule has 1 aliphatic rings. The number of benzene rings is 1. The van der Waals surface area contributed by atoms with E-state index in [4.69, 9.17) is 4.74 Å². The van der Waals surface area contributed by atoms with Crippen LogP contribution in [0, 0.1) is 0 Å². The van der Waals surface area contributed by atoms with Crippen molar-refractivity contribution in [3.05, 3.63) is 29.8 Å². The Morgan fingerprint density at radius 3 is 1.69 bits per heavy atom. The van der Waals surface area contributed by atoms with Crippen LogP contribution in [0.25, 0.3) is 0 Å². The maximum Gasteiger partial charge on any atom is 0.119 e. The van der Waals surface area contributed by atoms with Crippen molar-refractivity contribution in [1.82, 2.24) is 5.32 Å². The summed E-state index contributed by atoms with van der Waals surface area (Å²) in [6.07, 6.45) is 25.0. The molecule has 0 bridgehead atoms. The first-order valence-electron chi connectivity index (χ1n) is 13.9. The molecule has 1 fully saturated rings. The molecular formula is C29H51NOS. The third-order valence-corrected chi connectivity index (χ3v) is 7.45. The number of rotatable bonds is 20. The van der Waals surface area contributed by atoms with Crippen molar-refractivity contribution < 1.29 is 4.74 Å². The first kappa shape index (κ1) is 27.6. The minimum Gasteiger partial charge on any atom is -0.494 e. The Labute approximate surface area is 205 Å². The van der Waals surface area contributed by atoms with Gasteiger partial charge in [-0.3, -0.25) is 0 Å². The summed E-state index contributed by atoms with van der Waals surface area (Å²) in [7, 11) is 0. The standard InChI is InChI=1S/C29H51NOS/c1-2-3-4-5-6-7-8-9-10-11-12-13-14-15-16-17-24-31-28-21-18-26(19-22-28)29-23-20-27(25-32)30-29/h18-19,21-22,27,29-30,32H,2-17,20,23-25H2,1H3.